The molecular weight excluding hydrogens is 186 g/mol. The molecule has 0 saturated carbocycles. The number of hydrogen-bond acceptors (Lipinski definition) is 9. The first-order valence-corrected chi connectivity index (χ1v) is 4.18. The van der Waals surface area contributed by atoms with E-state index in [-0.39, 0.29) is 0 Å². The maximum absolute atomic E-state index is 5.69. The highest BCUT2D eigenvalue weighted by Gasteiger charge is 2.31. The second kappa shape index (κ2) is 5.50. The maximum atomic E-state index is 5.69. The van der Waals surface area contributed by atoms with Crippen LogP contribution in [0.5, 0.6) is 0 Å². The largest absolute Gasteiger partial charge is 0.324 e. The van der Waals surface area contributed by atoms with E-state index in [9.17, 15) is 0 Å². The van der Waals surface area contributed by atoms with Gasteiger partial charge in [-0.05, 0) is 12.8 Å². The third-order valence-corrected chi connectivity index (χ3v) is 1.97. The van der Waals surface area contributed by atoms with Gasteiger partial charge in [-0.25, -0.2) is 0 Å². The van der Waals surface area contributed by atoms with Crippen LogP contribution >= 0.6 is 0 Å². The van der Waals surface area contributed by atoms with E-state index in [0.29, 0.717) is 24.5 Å². The topological polar surface area (TPSA) is 189 Å². The molecule has 0 aliphatic heterocycles. The molecule has 0 aliphatic rings. The van der Waals surface area contributed by atoms with Gasteiger partial charge in [0.25, 0.3) is 0 Å². The van der Waals surface area contributed by atoms with Crippen LogP contribution < -0.4 is 40.6 Å². The summed E-state index contributed by atoms with van der Waals surface area (Å²) >= 11 is 0. The van der Waals surface area contributed by atoms with Crippen molar-refractivity contribution in [3.63, 3.8) is 0 Å². The Morgan fingerprint density at radius 1 is 1.07 bits per heavy atom. The quantitative estimate of drug-likeness (QED) is 0.128. The van der Waals surface area contributed by atoms with E-state index in [4.69, 9.17) is 40.6 Å². The highest BCUT2D eigenvalue weighted by molar-refractivity contribution is 4.84. The number of hydrogen-bond donors (Lipinski definition) is 7. The van der Waals surface area contributed by atoms with Crippen LogP contribution in [0.2, 0.25) is 0 Å². The van der Waals surface area contributed by atoms with Gasteiger partial charge in [-0.1, -0.05) is 0 Å². The molecule has 0 spiro atoms. The second-order valence-electron chi connectivity index (χ2n) is 3.28. The lowest BCUT2D eigenvalue weighted by Gasteiger charge is -2.35. The Balaban J connectivity index is 3.89. The van der Waals surface area contributed by atoms with Crippen LogP contribution in [0, 0.1) is 0 Å². The number of rotatable bonds is 6. The van der Waals surface area contributed by atoms with Crippen molar-refractivity contribution < 1.29 is 0 Å². The van der Waals surface area contributed by atoms with Crippen molar-refractivity contribution in [1.29, 1.82) is 0 Å². The lowest BCUT2D eigenvalue weighted by Crippen LogP contribution is -2.76. The van der Waals surface area contributed by atoms with Crippen LogP contribution in [-0.2, 0) is 0 Å². The number of nitrogens with two attached hydrogens (primary N) is 7. The predicted molar refractivity (Wildman–Crippen MR) is 53.6 cm³/mol. The third kappa shape index (κ3) is 4.23. The van der Waals surface area contributed by atoms with Crippen LogP contribution in [0.4, 0.5) is 0 Å². The molecule has 0 aromatic carbocycles. The zero-order valence-corrected chi connectivity index (χ0v) is 8.13. The van der Waals surface area contributed by atoms with Crippen LogP contribution in [0.15, 0.2) is 0 Å². The van der Waals surface area contributed by atoms with Crippen LogP contribution in [0.1, 0.15) is 12.8 Å². The molecule has 0 aromatic heterocycles. The molecule has 9 heteroatoms. The summed E-state index contributed by atoms with van der Waals surface area (Å²) in [5, 5.41) is 1.75. The van der Waals surface area contributed by atoms with Crippen LogP contribution in [-0.4, -0.2) is 28.6 Å². The molecule has 0 rings (SSSR count). The van der Waals surface area contributed by atoms with E-state index in [2.05, 4.69) is 0 Å². The first-order chi connectivity index (χ1) is 6.28. The number of nitrogens with zero attached hydrogens (tertiary/aromatic N) is 2. The minimum atomic E-state index is -1.44. The van der Waals surface area contributed by atoms with Crippen molar-refractivity contribution in [2.75, 3.05) is 6.54 Å². The van der Waals surface area contributed by atoms with Crippen molar-refractivity contribution in [2.45, 2.75) is 24.7 Å². The van der Waals surface area contributed by atoms with E-state index < -0.39 is 11.8 Å². The molecule has 0 fully saturated rings. The molecule has 0 heterocycles. The Morgan fingerprint density at radius 3 is 1.93 bits per heavy atom. The average Bonchev–Trinajstić information content (AvgIpc) is 2.02. The summed E-state index contributed by atoms with van der Waals surface area (Å²) in [6.45, 7) is 0.485. The van der Waals surface area contributed by atoms with Gasteiger partial charge >= 0.3 is 0 Å². The zero-order chi connectivity index (χ0) is 11.4. The van der Waals surface area contributed by atoms with Crippen LogP contribution in [0.3, 0.4) is 0 Å². The van der Waals surface area contributed by atoms with Gasteiger partial charge in [-0.3, -0.25) is 34.8 Å². The van der Waals surface area contributed by atoms with Gasteiger partial charge in [0.2, 0.25) is 0 Å². The van der Waals surface area contributed by atoms with E-state index in [0.717, 1.165) is 5.12 Å². The minimum Gasteiger partial charge on any atom is -0.324 e. The summed E-state index contributed by atoms with van der Waals surface area (Å²) in [6, 6.07) is -0.558. The molecule has 14 N–H and O–H groups in total. The van der Waals surface area contributed by atoms with E-state index in [1.165, 1.54) is 0 Å². The highest BCUT2D eigenvalue weighted by atomic mass is 15.7. The average molecular weight is 207 g/mol. The predicted octanol–water partition coefficient (Wildman–Crippen LogP) is -4.24. The SMILES string of the molecule is NC(CCCN(N)N)C(N)(N)N(N)N. The second-order valence-corrected chi connectivity index (χ2v) is 3.28. The summed E-state index contributed by atoms with van der Waals surface area (Å²) in [5.74, 6) is 19.4. The molecule has 0 aromatic rings. The molecule has 0 aliphatic carbocycles. The van der Waals surface area contributed by atoms with Gasteiger partial charge in [0.15, 0.2) is 5.79 Å². The lowest BCUT2D eigenvalue weighted by molar-refractivity contribution is 0.0667. The molecule has 0 radical (unpaired) electrons. The fourth-order valence-electron chi connectivity index (χ4n) is 0.916. The van der Waals surface area contributed by atoms with E-state index >= 15 is 0 Å². The van der Waals surface area contributed by atoms with Gasteiger partial charge in [0, 0.05) is 6.54 Å². The van der Waals surface area contributed by atoms with Gasteiger partial charge in [0.05, 0.1) is 6.04 Å². The lowest BCUT2D eigenvalue weighted by atomic mass is 10.1. The van der Waals surface area contributed by atoms with E-state index in [1.807, 2.05) is 0 Å². The molecule has 14 heavy (non-hydrogen) atoms. The molecular formula is C5H21N9. The molecule has 0 saturated heterocycles. The summed E-state index contributed by atoms with van der Waals surface area (Å²) in [4.78, 5) is 0. The van der Waals surface area contributed by atoms with Crippen molar-refractivity contribution in [1.82, 2.24) is 10.2 Å². The smallest absolute Gasteiger partial charge is 0.163 e. The zero-order valence-electron chi connectivity index (χ0n) is 8.13. The van der Waals surface area contributed by atoms with Gasteiger partial charge in [-0.2, -0.15) is 5.12 Å². The Morgan fingerprint density at radius 2 is 1.57 bits per heavy atom. The van der Waals surface area contributed by atoms with E-state index in [1.54, 1.807) is 0 Å². The minimum absolute atomic E-state index is 0.485. The molecule has 0 amide bonds. The monoisotopic (exact) mass is 207 g/mol. The fraction of sp³-hybridized carbons (Fsp3) is 1.00. The Kier molecular flexibility index (Phi) is 5.36. The standard InChI is InChI=1S/C5H21N9/c6-4(2-1-3-13(9)10)5(7,8)14(11)12/h4H,1-3,6-12H2. The Hall–Kier alpha value is -0.360. The maximum Gasteiger partial charge on any atom is 0.163 e. The molecule has 86 valence electrons. The van der Waals surface area contributed by atoms with Crippen molar-refractivity contribution >= 4 is 0 Å². The third-order valence-electron chi connectivity index (χ3n) is 1.97. The molecule has 1 atom stereocenters. The summed E-state index contributed by atoms with van der Waals surface area (Å²) in [7, 11) is 0. The van der Waals surface area contributed by atoms with Gasteiger partial charge in [-0.15, -0.1) is 5.12 Å². The highest BCUT2D eigenvalue weighted by Crippen LogP contribution is 2.04. The van der Waals surface area contributed by atoms with Crippen molar-refractivity contribution in [3.8, 4) is 0 Å². The van der Waals surface area contributed by atoms with Crippen molar-refractivity contribution in [2.24, 2.45) is 40.6 Å². The van der Waals surface area contributed by atoms with Crippen molar-refractivity contribution in [3.05, 3.63) is 0 Å². The summed E-state index contributed by atoms with van der Waals surface area (Å²) < 4.78 is 0. The molecule has 1 unspecified atom stereocenters. The summed E-state index contributed by atoms with van der Waals surface area (Å²) in [5.41, 5.74) is 16.8. The summed E-state index contributed by atoms with van der Waals surface area (Å²) in [6.07, 6.45) is 1.17. The Labute approximate surface area is 83.0 Å². The first kappa shape index (κ1) is 13.6. The Bertz CT molecular complexity index is 155. The van der Waals surface area contributed by atoms with Crippen LogP contribution in [0.25, 0.3) is 0 Å². The molecule has 9 nitrogen and oxygen atoms in total. The van der Waals surface area contributed by atoms with Gasteiger partial charge in [0.1, 0.15) is 0 Å². The van der Waals surface area contributed by atoms with Gasteiger partial charge < -0.3 is 5.73 Å². The fourth-order valence-corrected chi connectivity index (χ4v) is 0.916. The number of hydrazine groups is 4. The normalized spacial score (nSPS) is 15.2. The first-order valence-electron chi connectivity index (χ1n) is 4.18. The molecule has 0 bridgehead atoms.